The highest BCUT2D eigenvalue weighted by Crippen LogP contribution is 2.28. The third-order valence-electron chi connectivity index (χ3n) is 3.19. The summed E-state index contributed by atoms with van der Waals surface area (Å²) in [7, 11) is 1.53. The zero-order valence-corrected chi connectivity index (χ0v) is 13.5. The molecule has 0 saturated carbocycles. The van der Waals surface area contributed by atoms with E-state index < -0.39 is 6.10 Å². The van der Waals surface area contributed by atoms with Crippen molar-refractivity contribution in [2.24, 2.45) is 0 Å². The van der Waals surface area contributed by atoms with Crippen molar-refractivity contribution in [3.05, 3.63) is 53.1 Å². The van der Waals surface area contributed by atoms with Gasteiger partial charge in [0.25, 0.3) is 5.91 Å². The number of rotatable bonds is 5. The van der Waals surface area contributed by atoms with Gasteiger partial charge in [0, 0.05) is 5.02 Å². The molecule has 22 heavy (non-hydrogen) atoms. The standard InChI is InChI=1S/C17H18ClNO3/c1-11-6-4-5-7-15(11)22-12(2)17(20)19-14-10-13(18)8-9-16(14)21-3/h4-10,12H,1-3H3,(H,19,20)/t12-/m0/s1. The van der Waals surface area contributed by atoms with Gasteiger partial charge in [0.15, 0.2) is 6.10 Å². The van der Waals surface area contributed by atoms with Crippen LogP contribution in [-0.2, 0) is 4.79 Å². The first kappa shape index (κ1) is 16.2. The average molecular weight is 320 g/mol. The van der Waals surface area contributed by atoms with Crippen LogP contribution in [0.2, 0.25) is 5.02 Å². The fraction of sp³-hybridized carbons (Fsp3) is 0.235. The maximum Gasteiger partial charge on any atom is 0.265 e. The Balaban J connectivity index is 2.09. The number of hydrogen-bond acceptors (Lipinski definition) is 3. The third-order valence-corrected chi connectivity index (χ3v) is 3.42. The molecule has 1 atom stereocenters. The van der Waals surface area contributed by atoms with E-state index >= 15 is 0 Å². The number of nitrogens with one attached hydrogen (secondary N) is 1. The van der Waals surface area contributed by atoms with Gasteiger partial charge in [0.2, 0.25) is 0 Å². The van der Waals surface area contributed by atoms with Gasteiger partial charge in [-0.3, -0.25) is 4.79 Å². The van der Waals surface area contributed by atoms with E-state index in [2.05, 4.69) is 5.32 Å². The summed E-state index contributed by atoms with van der Waals surface area (Å²) in [5, 5.41) is 3.29. The Kier molecular flexibility index (Phi) is 5.28. The highest BCUT2D eigenvalue weighted by molar-refractivity contribution is 6.31. The topological polar surface area (TPSA) is 47.6 Å². The van der Waals surface area contributed by atoms with Crippen molar-refractivity contribution >= 4 is 23.2 Å². The number of carbonyl (C=O) groups excluding carboxylic acids is 1. The summed E-state index contributed by atoms with van der Waals surface area (Å²) < 4.78 is 10.9. The lowest BCUT2D eigenvalue weighted by Gasteiger charge is -2.17. The molecule has 0 aromatic heterocycles. The van der Waals surface area contributed by atoms with Crippen molar-refractivity contribution in [2.75, 3.05) is 12.4 Å². The van der Waals surface area contributed by atoms with Gasteiger partial charge in [0.1, 0.15) is 11.5 Å². The van der Waals surface area contributed by atoms with E-state index in [4.69, 9.17) is 21.1 Å². The summed E-state index contributed by atoms with van der Waals surface area (Å²) in [4.78, 5) is 12.3. The number of halogens is 1. The first-order valence-electron chi connectivity index (χ1n) is 6.88. The van der Waals surface area contributed by atoms with Crippen molar-refractivity contribution < 1.29 is 14.3 Å². The van der Waals surface area contributed by atoms with Gasteiger partial charge >= 0.3 is 0 Å². The Morgan fingerprint density at radius 2 is 1.91 bits per heavy atom. The summed E-state index contributed by atoms with van der Waals surface area (Å²) in [6, 6.07) is 12.6. The molecule has 2 rings (SSSR count). The fourth-order valence-electron chi connectivity index (χ4n) is 1.94. The number of methoxy groups -OCH3 is 1. The molecule has 0 spiro atoms. The number of benzene rings is 2. The first-order chi connectivity index (χ1) is 10.5. The van der Waals surface area contributed by atoms with E-state index in [1.165, 1.54) is 7.11 Å². The molecule has 116 valence electrons. The summed E-state index contributed by atoms with van der Waals surface area (Å²) in [5.41, 5.74) is 1.49. The number of carbonyl (C=O) groups is 1. The van der Waals surface area contributed by atoms with Gasteiger partial charge in [-0.15, -0.1) is 0 Å². The highest BCUT2D eigenvalue weighted by Gasteiger charge is 2.17. The molecule has 1 N–H and O–H groups in total. The van der Waals surface area contributed by atoms with Crippen molar-refractivity contribution in [3.8, 4) is 11.5 Å². The Morgan fingerprint density at radius 1 is 1.18 bits per heavy atom. The van der Waals surface area contributed by atoms with Gasteiger partial charge in [-0.1, -0.05) is 29.8 Å². The third kappa shape index (κ3) is 3.92. The quantitative estimate of drug-likeness (QED) is 0.904. The second kappa shape index (κ2) is 7.18. The molecule has 0 aliphatic heterocycles. The van der Waals surface area contributed by atoms with Crippen molar-refractivity contribution in [2.45, 2.75) is 20.0 Å². The molecule has 2 aromatic rings. The summed E-state index contributed by atoms with van der Waals surface area (Å²) in [6.45, 7) is 3.62. The van der Waals surface area contributed by atoms with E-state index in [1.807, 2.05) is 31.2 Å². The van der Waals surface area contributed by atoms with Gasteiger partial charge in [0.05, 0.1) is 12.8 Å². The van der Waals surface area contributed by atoms with Crippen LogP contribution >= 0.6 is 11.6 Å². The predicted molar refractivity (Wildman–Crippen MR) is 87.9 cm³/mol. The normalized spacial score (nSPS) is 11.6. The second-order valence-corrected chi connectivity index (χ2v) is 5.30. The minimum atomic E-state index is -0.648. The Bertz CT molecular complexity index is 673. The zero-order chi connectivity index (χ0) is 16.1. The summed E-state index contributed by atoms with van der Waals surface area (Å²) in [5.74, 6) is 0.952. The molecule has 0 radical (unpaired) electrons. The van der Waals surface area contributed by atoms with Crippen LogP contribution in [0.1, 0.15) is 12.5 Å². The van der Waals surface area contributed by atoms with Crippen molar-refractivity contribution in [1.82, 2.24) is 0 Å². The van der Waals surface area contributed by atoms with Gasteiger partial charge in [-0.2, -0.15) is 0 Å². The maximum atomic E-state index is 12.3. The van der Waals surface area contributed by atoms with Crippen molar-refractivity contribution in [1.29, 1.82) is 0 Å². The van der Waals surface area contributed by atoms with Crippen molar-refractivity contribution in [3.63, 3.8) is 0 Å². The summed E-state index contributed by atoms with van der Waals surface area (Å²) in [6.07, 6.45) is -0.648. The second-order valence-electron chi connectivity index (χ2n) is 4.86. The zero-order valence-electron chi connectivity index (χ0n) is 12.7. The molecule has 5 heteroatoms. The van der Waals surface area contributed by atoms with Gasteiger partial charge in [-0.25, -0.2) is 0 Å². The predicted octanol–water partition coefficient (Wildman–Crippen LogP) is 4.06. The van der Waals surface area contributed by atoms with Crippen LogP contribution in [0.5, 0.6) is 11.5 Å². The van der Waals surface area contributed by atoms with Gasteiger partial charge < -0.3 is 14.8 Å². The molecule has 0 unspecified atom stereocenters. The molecule has 4 nitrogen and oxygen atoms in total. The van der Waals surface area contributed by atoms with E-state index in [0.29, 0.717) is 22.2 Å². The van der Waals surface area contributed by atoms with E-state index in [1.54, 1.807) is 25.1 Å². The Labute approximate surface area is 135 Å². The molecule has 0 saturated heterocycles. The smallest absolute Gasteiger partial charge is 0.265 e. The molecular formula is C17H18ClNO3. The number of aryl methyl sites for hydroxylation is 1. The van der Waals surface area contributed by atoms with Crippen LogP contribution in [0.4, 0.5) is 5.69 Å². The SMILES string of the molecule is COc1ccc(Cl)cc1NC(=O)[C@H](C)Oc1ccccc1C. The molecular weight excluding hydrogens is 302 g/mol. The molecule has 1 amide bonds. The minimum Gasteiger partial charge on any atom is -0.495 e. The minimum absolute atomic E-state index is 0.274. The fourth-order valence-corrected chi connectivity index (χ4v) is 2.12. The Hall–Kier alpha value is -2.20. The Morgan fingerprint density at radius 3 is 2.59 bits per heavy atom. The van der Waals surface area contributed by atoms with Gasteiger partial charge in [-0.05, 0) is 43.7 Å². The van der Waals surface area contributed by atoms with Crippen LogP contribution in [0.15, 0.2) is 42.5 Å². The van der Waals surface area contributed by atoms with Crippen LogP contribution in [0.3, 0.4) is 0 Å². The molecule has 0 fully saturated rings. The number of hydrogen-bond donors (Lipinski definition) is 1. The molecule has 0 bridgehead atoms. The van der Waals surface area contributed by atoms with Crippen LogP contribution in [0, 0.1) is 6.92 Å². The number of ether oxygens (including phenoxy) is 2. The monoisotopic (exact) mass is 319 g/mol. The lowest BCUT2D eigenvalue weighted by molar-refractivity contribution is -0.122. The highest BCUT2D eigenvalue weighted by atomic mass is 35.5. The molecule has 0 aliphatic carbocycles. The maximum absolute atomic E-state index is 12.3. The number of para-hydroxylation sites is 1. The van der Waals surface area contributed by atoms with Crippen LogP contribution in [-0.4, -0.2) is 19.1 Å². The summed E-state index contributed by atoms with van der Waals surface area (Å²) >= 11 is 5.95. The van der Waals surface area contributed by atoms with E-state index in [-0.39, 0.29) is 5.91 Å². The van der Waals surface area contributed by atoms with Crippen LogP contribution in [0.25, 0.3) is 0 Å². The lowest BCUT2D eigenvalue weighted by Crippen LogP contribution is -2.30. The number of anilines is 1. The molecule has 0 heterocycles. The lowest BCUT2D eigenvalue weighted by atomic mass is 10.2. The molecule has 2 aromatic carbocycles. The number of amides is 1. The molecule has 0 aliphatic rings. The average Bonchev–Trinajstić information content (AvgIpc) is 2.49. The van der Waals surface area contributed by atoms with E-state index in [9.17, 15) is 4.79 Å². The largest absolute Gasteiger partial charge is 0.495 e. The van der Waals surface area contributed by atoms with Crippen LogP contribution < -0.4 is 14.8 Å². The first-order valence-corrected chi connectivity index (χ1v) is 7.25. The van der Waals surface area contributed by atoms with E-state index in [0.717, 1.165) is 5.56 Å².